The molecule has 0 saturated heterocycles. The van der Waals surface area contributed by atoms with E-state index in [4.69, 9.17) is 4.74 Å². The van der Waals surface area contributed by atoms with Crippen LogP contribution in [0.15, 0.2) is 54.7 Å². The highest BCUT2D eigenvalue weighted by Gasteiger charge is 2.21. The first-order chi connectivity index (χ1) is 13.6. The molecule has 0 aliphatic carbocycles. The fourth-order valence-electron chi connectivity index (χ4n) is 3.36. The molecule has 4 rings (SSSR count). The zero-order valence-electron chi connectivity index (χ0n) is 15.2. The van der Waals surface area contributed by atoms with Crippen molar-refractivity contribution in [3.05, 3.63) is 66.1 Å². The van der Waals surface area contributed by atoms with Gasteiger partial charge in [-0.25, -0.2) is 4.39 Å². The number of nitrogens with one attached hydrogen (secondary N) is 1. The minimum absolute atomic E-state index is 0.0953. The van der Waals surface area contributed by atoms with Crippen LogP contribution in [0.3, 0.4) is 0 Å². The van der Waals surface area contributed by atoms with Crippen molar-refractivity contribution in [1.29, 1.82) is 0 Å². The molecule has 0 atom stereocenters. The van der Waals surface area contributed by atoms with Crippen molar-refractivity contribution in [3.8, 4) is 5.75 Å². The van der Waals surface area contributed by atoms with Crippen molar-refractivity contribution in [2.75, 3.05) is 19.7 Å². The molecule has 1 aliphatic heterocycles. The molecule has 2 amide bonds. The lowest BCUT2D eigenvalue weighted by atomic mass is 10.2. The Morgan fingerprint density at radius 3 is 2.93 bits per heavy atom. The van der Waals surface area contributed by atoms with Crippen LogP contribution in [0.1, 0.15) is 5.56 Å². The van der Waals surface area contributed by atoms with E-state index in [0.717, 1.165) is 10.9 Å². The van der Waals surface area contributed by atoms with Gasteiger partial charge in [0.1, 0.15) is 18.1 Å². The Kier molecular flexibility index (Phi) is 4.97. The molecule has 0 radical (unpaired) electrons. The SMILES string of the molecule is O=C(Cn1ccc2ccccc21)NCCN1Cc2cc(F)ccc2OCC1=O. The monoisotopic (exact) mass is 381 g/mol. The summed E-state index contributed by atoms with van der Waals surface area (Å²) in [5.74, 6) is -0.182. The molecular weight excluding hydrogens is 361 g/mol. The summed E-state index contributed by atoms with van der Waals surface area (Å²) in [6.07, 6.45) is 1.88. The van der Waals surface area contributed by atoms with Gasteiger partial charge in [0.15, 0.2) is 6.61 Å². The maximum absolute atomic E-state index is 13.5. The molecule has 1 aromatic heterocycles. The van der Waals surface area contributed by atoms with Gasteiger partial charge >= 0.3 is 0 Å². The van der Waals surface area contributed by atoms with E-state index in [1.807, 2.05) is 41.1 Å². The summed E-state index contributed by atoms with van der Waals surface area (Å²) in [7, 11) is 0. The van der Waals surface area contributed by atoms with Gasteiger partial charge in [-0.3, -0.25) is 9.59 Å². The Bertz CT molecular complexity index is 1030. The molecule has 3 aromatic rings. The molecule has 0 spiro atoms. The number of aromatic nitrogens is 1. The lowest BCUT2D eigenvalue weighted by molar-refractivity contribution is -0.133. The highest BCUT2D eigenvalue weighted by atomic mass is 19.1. The van der Waals surface area contributed by atoms with Crippen molar-refractivity contribution in [2.45, 2.75) is 13.1 Å². The van der Waals surface area contributed by atoms with Gasteiger partial charge < -0.3 is 19.5 Å². The molecular formula is C21H20FN3O3. The van der Waals surface area contributed by atoms with Crippen molar-refractivity contribution >= 4 is 22.7 Å². The maximum atomic E-state index is 13.5. The number of benzene rings is 2. The number of halogens is 1. The topological polar surface area (TPSA) is 63.6 Å². The lowest BCUT2D eigenvalue weighted by Gasteiger charge is -2.20. The van der Waals surface area contributed by atoms with Crippen molar-refractivity contribution in [2.24, 2.45) is 0 Å². The number of hydrogen-bond acceptors (Lipinski definition) is 3. The molecule has 1 aliphatic rings. The number of carbonyl (C=O) groups is 2. The summed E-state index contributed by atoms with van der Waals surface area (Å²) in [5, 5.41) is 3.92. The second-order valence-corrected chi connectivity index (χ2v) is 6.71. The van der Waals surface area contributed by atoms with E-state index >= 15 is 0 Å². The van der Waals surface area contributed by atoms with Crippen LogP contribution in [0.5, 0.6) is 5.75 Å². The van der Waals surface area contributed by atoms with Crippen molar-refractivity contribution in [3.63, 3.8) is 0 Å². The maximum Gasteiger partial charge on any atom is 0.260 e. The number of carbonyl (C=O) groups excluding carboxylic acids is 2. The van der Waals surface area contributed by atoms with Crippen molar-refractivity contribution in [1.82, 2.24) is 14.8 Å². The highest BCUT2D eigenvalue weighted by Crippen LogP contribution is 2.24. The minimum Gasteiger partial charge on any atom is -0.483 e. The molecule has 144 valence electrons. The third kappa shape index (κ3) is 3.83. The molecule has 0 unspecified atom stereocenters. The van der Waals surface area contributed by atoms with Gasteiger partial charge in [0.05, 0.1) is 0 Å². The number of fused-ring (bicyclic) bond motifs is 2. The van der Waals surface area contributed by atoms with Crippen LogP contribution in [-0.4, -0.2) is 41.0 Å². The number of ether oxygens (including phenoxy) is 1. The molecule has 0 fully saturated rings. The van der Waals surface area contributed by atoms with Gasteiger partial charge in [0.2, 0.25) is 5.91 Å². The first-order valence-corrected chi connectivity index (χ1v) is 9.10. The predicted octanol–water partition coefficient (Wildman–Crippen LogP) is 2.32. The Morgan fingerprint density at radius 1 is 1.18 bits per heavy atom. The summed E-state index contributed by atoms with van der Waals surface area (Å²) in [6, 6.07) is 14.0. The van der Waals surface area contributed by atoms with Crippen LogP contribution in [0, 0.1) is 5.82 Å². The molecule has 0 bridgehead atoms. The summed E-state index contributed by atoms with van der Waals surface area (Å²) >= 11 is 0. The van der Waals surface area contributed by atoms with Gasteiger partial charge in [0.25, 0.3) is 5.91 Å². The quantitative estimate of drug-likeness (QED) is 0.738. The van der Waals surface area contributed by atoms with E-state index in [9.17, 15) is 14.0 Å². The normalized spacial score (nSPS) is 13.8. The minimum atomic E-state index is -0.371. The van der Waals surface area contributed by atoms with Crippen LogP contribution in [0.2, 0.25) is 0 Å². The number of para-hydroxylation sites is 1. The van der Waals surface area contributed by atoms with Crippen LogP contribution < -0.4 is 10.1 Å². The summed E-state index contributed by atoms with van der Waals surface area (Å²) in [6.45, 7) is 1.01. The Balaban J connectivity index is 1.34. The zero-order chi connectivity index (χ0) is 19.5. The average Bonchev–Trinajstić information content (AvgIpc) is 3.02. The average molecular weight is 381 g/mol. The second kappa shape index (κ2) is 7.72. The van der Waals surface area contributed by atoms with Gasteiger partial charge in [-0.2, -0.15) is 0 Å². The van der Waals surface area contributed by atoms with Gasteiger partial charge in [-0.05, 0) is 35.7 Å². The Labute approximate surface area is 161 Å². The predicted molar refractivity (Wildman–Crippen MR) is 102 cm³/mol. The van der Waals surface area contributed by atoms with Crippen LogP contribution in [-0.2, 0) is 22.7 Å². The molecule has 6 nitrogen and oxygen atoms in total. The largest absolute Gasteiger partial charge is 0.483 e. The molecule has 7 heteroatoms. The van der Waals surface area contributed by atoms with Gasteiger partial charge in [-0.15, -0.1) is 0 Å². The third-order valence-corrected chi connectivity index (χ3v) is 4.79. The fraction of sp³-hybridized carbons (Fsp3) is 0.238. The second-order valence-electron chi connectivity index (χ2n) is 6.71. The summed E-state index contributed by atoms with van der Waals surface area (Å²) < 4.78 is 20.8. The first kappa shape index (κ1) is 18.0. The fourth-order valence-corrected chi connectivity index (χ4v) is 3.36. The van der Waals surface area contributed by atoms with Crippen LogP contribution >= 0.6 is 0 Å². The first-order valence-electron chi connectivity index (χ1n) is 9.10. The summed E-state index contributed by atoms with van der Waals surface area (Å²) in [4.78, 5) is 26.1. The smallest absolute Gasteiger partial charge is 0.260 e. The van der Waals surface area contributed by atoms with E-state index in [1.54, 1.807) is 4.90 Å². The highest BCUT2D eigenvalue weighted by molar-refractivity contribution is 5.83. The van der Waals surface area contributed by atoms with E-state index < -0.39 is 0 Å². The molecule has 1 N–H and O–H groups in total. The van der Waals surface area contributed by atoms with E-state index in [0.29, 0.717) is 24.4 Å². The number of nitrogens with zero attached hydrogens (tertiary/aromatic N) is 2. The Morgan fingerprint density at radius 2 is 2.04 bits per heavy atom. The lowest BCUT2D eigenvalue weighted by Crippen LogP contribution is -2.39. The van der Waals surface area contributed by atoms with Crippen molar-refractivity contribution < 1.29 is 18.7 Å². The number of amides is 2. The number of hydrogen-bond donors (Lipinski definition) is 1. The Hall–Kier alpha value is -3.35. The van der Waals surface area contributed by atoms with Gasteiger partial charge in [0, 0.05) is 36.9 Å². The summed E-state index contributed by atoms with van der Waals surface area (Å²) in [5.41, 5.74) is 1.62. The zero-order valence-corrected chi connectivity index (χ0v) is 15.2. The molecule has 0 saturated carbocycles. The standard InChI is InChI=1S/C21H20FN3O3/c22-17-5-6-19-16(11-17)12-25(21(27)14-28-19)10-8-23-20(26)13-24-9-7-15-3-1-2-4-18(15)24/h1-7,9,11H,8,10,12-14H2,(H,23,26). The van der Waals surface area contributed by atoms with Gasteiger partial charge in [-0.1, -0.05) is 18.2 Å². The number of rotatable bonds is 5. The molecule has 2 heterocycles. The van der Waals surface area contributed by atoms with Crippen LogP contribution in [0.25, 0.3) is 10.9 Å². The van der Waals surface area contributed by atoms with E-state index in [-0.39, 0.29) is 37.3 Å². The third-order valence-electron chi connectivity index (χ3n) is 4.79. The van der Waals surface area contributed by atoms with E-state index in [2.05, 4.69) is 5.32 Å². The van der Waals surface area contributed by atoms with Crippen LogP contribution in [0.4, 0.5) is 4.39 Å². The molecule has 2 aromatic carbocycles. The molecule has 28 heavy (non-hydrogen) atoms. The van der Waals surface area contributed by atoms with E-state index in [1.165, 1.54) is 18.2 Å².